The standard InChI is InChI=1S/C20H37N3O/c1-7-11-19(12-8-2)24-17-18(4)16-23(15-9-3)20(22-6)13-10-14-21-5/h7,10-13,18,21H,8-9,14-17H2,1-6H3/b11-7-,13-10-,19-12+,22-20?. The molecule has 1 atom stereocenters. The van der Waals surface area contributed by atoms with E-state index in [2.05, 4.69) is 54.2 Å². The molecule has 0 rings (SSSR count). The van der Waals surface area contributed by atoms with Crippen LogP contribution in [0.25, 0.3) is 0 Å². The fraction of sp³-hybridized carbons (Fsp3) is 0.650. The molecular weight excluding hydrogens is 298 g/mol. The normalized spacial score (nSPS) is 14.6. The van der Waals surface area contributed by atoms with Crippen LogP contribution in [-0.4, -0.2) is 51.1 Å². The summed E-state index contributed by atoms with van der Waals surface area (Å²) in [5.41, 5.74) is 0. The topological polar surface area (TPSA) is 36.9 Å². The number of ether oxygens (including phenoxy) is 1. The molecule has 0 aliphatic rings. The molecule has 4 nitrogen and oxygen atoms in total. The highest BCUT2D eigenvalue weighted by Crippen LogP contribution is 2.09. The van der Waals surface area contributed by atoms with E-state index in [4.69, 9.17) is 4.74 Å². The molecule has 0 saturated carbocycles. The van der Waals surface area contributed by atoms with E-state index >= 15 is 0 Å². The smallest absolute Gasteiger partial charge is 0.122 e. The number of allylic oxidation sites excluding steroid dienone is 3. The van der Waals surface area contributed by atoms with Crippen LogP contribution in [0, 0.1) is 5.92 Å². The number of aliphatic imine (C=N–C) groups is 1. The molecule has 1 unspecified atom stereocenters. The maximum Gasteiger partial charge on any atom is 0.122 e. The minimum Gasteiger partial charge on any atom is -0.494 e. The van der Waals surface area contributed by atoms with Crippen LogP contribution in [0.4, 0.5) is 0 Å². The van der Waals surface area contributed by atoms with Gasteiger partial charge in [0.1, 0.15) is 11.6 Å². The lowest BCUT2D eigenvalue weighted by atomic mass is 10.1. The molecule has 0 aliphatic heterocycles. The van der Waals surface area contributed by atoms with E-state index < -0.39 is 0 Å². The molecule has 0 fully saturated rings. The lowest BCUT2D eigenvalue weighted by Gasteiger charge is -2.27. The molecule has 138 valence electrons. The van der Waals surface area contributed by atoms with E-state index in [1.54, 1.807) is 0 Å². The summed E-state index contributed by atoms with van der Waals surface area (Å²) in [5.74, 6) is 2.43. The van der Waals surface area contributed by atoms with Gasteiger partial charge in [-0.25, -0.2) is 0 Å². The number of nitrogens with zero attached hydrogens (tertiary/aromatic N) is 2. The molecule has 0 spiro atoms. The lowest BCUT2D eigenvalue weighted by Crippen LogP contribution is -2.35. The van der Waals surface area contributed by atoms with Crippen molar-refractivity contribution < 1.29 is 4.74 Å². The zero-order valence-corrected chi connectivity index (χ0v) is 16.5. The van der Waals surface area contributed by atoms with Crippen LogP contribution in [0.1, 0.15) is 40.5 Å². The minimum absolute atomic E-state index is 0.427. The Kier molecular flexibility index (Phi) is 14.0. The molecule has 0 aromatic carbocycles. The molecule has 4 heteroatoms. The summed E-state index contributed by atoms with van der Waals surface area (Å²) in [5, 5.41) is 3.12. The van der Waals surface area contributed by atoms with Gasteiger partial charge in [0.15, 0.2) is 0 Å². The summed E-state index contributed by atoms with van der Waals surface area (Å²) in [6.45, 7) is 12.1. The van der Waals surface area contributed by atoms with Crippen molar-refractivity contribution in [3.63, 3.8) is 0 Å². The first-order valence-electron chi connectivity index (χ1n) is 9.11. The van der Waals surface area contributed by atoms with Crippen LogP contribution in [-0.2, 0) is 4.74 Å². The second-order valence-electron chi connectivity index (χ2n) is 5.92. The first-order chi connectivity index (χ1) is 11.6. The van der Waals surface area contributed by atoms with E-state index in [1.807, 2.05) is 33.2 Å². The third-order valence-corrected chi connectivity index (χ3v) is 3.44. The van der Waals surface area contributed by atoms with Crippen LogP contribution in [0.15, 0.2) is 41.1 Å². The molecule has 0 radical (unpaired) electrons. The van der Waals surface area contributed by atoms with Gasteiger partial charge in [0.25, 0.3) is 0 Å². The number of hydrogen-bond donors (Lipinski definition) is 1. The van der Waals surface area contributed by atoms with Gasteiger partial charge < -0.3 is 15.0 Å². The van der Waals surface area contributed by atoms with E-state index in [0.29, 0.717) is 12.5 Å². The third kappa shape index (κ3) is 10.3. The van der Waals surface area contributed by atoms with Gasteiger partial charge in [-0.2, -0.15) is 0 Å². The molecule has 0 heterocycles. The van der Waals surface area contributed by atoms with Gasteiger partial charge in [-0.1, -0.05) is 32.9 Å². The summed E-state index contributed by atoms with van der Waals surface area (Å²) < 4.78 is 5.96. The Bertz CT molecular complexity index is 425. The summed E-state index contributed by atoms with van der Waals surface area (Å²) in [6.07, 6.45) is 12.5. The molecule has 0 aromatic rings. The molecule has 0 bridgehead atoms. The fourth-order valence-corrected chi connectivity index (χ4v) is 2.38. The molecule has 24 heavy (non-hydrogen) atoms. The number of amidine groups is 1. The van der Waals surface area contributed by atoms with Crippen LogP contribution >= 0.6 is 0 Å². The Morgan fingerprint density at radius 3 is 2.58 bits per heavy atom. The highest BCUT2D eigenvalue weighted by molar-refractivity contribution is 5.92. The van der Waals surface area contributed by atoms with Gasteiger partial charge in [0, 0.05) is 32.6 Å². The lowest BCUT2D eigenvalue weighted by molar-refractivity contribution is 0.165. The van der Waals surface area contributed by atoms with E-state index in [1.165, 1.54) is 0 Å². The Morgan fingerprint density at radius 2 is 2.04 bits per heavy atom. The maximum absolute atomic E-state index is 5.96. The SMILES string of the molecule is C/C=C\C(=C/CC)OCC(C)CN(CCC)C(/C=C\CNC)=NC. The van der Waals surface area contributed by atoms with Gasteiger partial charge in [0.05, 0.1) is 6.61 Å². The van der Waals surface area contributed by atoms with Crippen molar-refractivity contribution in [2.75, 3.05) is 40.3 Å². The van der Waals surface area contributed by atoms with Crippen molar-refractivity contribution in [3.05, 3.63) is 36.1 Å². The monoisotopic (exact) mass is 335 g/mol. The molecule has 0 aliphatic carbocycles. The van der Waals surface area contributed by atoms with Crippen molar-refractivity contribution in [2.24, 2.45) is 10.9 Å². The van der Waals surface area contributed by atoms with E-state index in [0.717, 1.165) is 44.1 Å². The largest absolute Gasteiger partial charge is 0.494 e. The van der Waals surface area contributed by atoms with Crippen LogP contribution in [0.3, 0.4) is 0 Å². The number of nitrogens with one attached hydrogen (secondary N) is 1. The first kappa shape index (κ1) is 22.4. The van der Waals surface area contributed by atoms with Gasteiger partial charge in [-0.3, -0.25) is 4.99 Å². The van der Waals surface area contributed by atoms with Crippen molar-refractivity contribution >= 4 is 5.84 Å². The zero-order valence-electron chi connectivity index (χ0n) is 16.5. The second-order valence-corrected chi connectivity index (χ2v) is 5.92. The molecule has 0 saturated heterocycles. The van der Waals surface area contributed by atoms with Crippen molar-refractivity contribution in [3.8, 4) is 0 Å². The maximum atomic E-state index is 5.96. The van der Waals surface area contributed by atoms with E-state index in [9.17, 15) is 0 Å². The zero-order chi connectivity index (χ0) is 18.2. The van der Waals surface area contributed by atoms with Crippen LogP contribution < -0.4 is 5.32 Å². The quantitative estimate of drug-likeness (QED) is 0.253. The van der Waals surface area contributed by atoms with Crippen molar-refractivity contribution in [1.82, 2.24) is 10.2 Å². The third-order valence-electron chi connectivity index (χ3n) is 3.44. The minimum atomic E-state index is 0.427. The summed E-state index contributed by atoms with van der Waals surface area (Å²) in [4.78, 5) is 6.80. The summed E-state index contributed by atoms with van der Waals surface area (Å²) in [7, 11) is 3.81. The van der Waals surface area contributed by atoms with Gasteiger partial charge in [-0.05, 0) is 45.0 Å². The molecule has 0 amide bonds. The first-order valence-corrected chi connectivity index (χ1v) is 9.11. The Labute approximate surface area is 149 Å². The van der Waals surface area contributed by atoms with Crippen LogP contribution in [0.5, 0.6) is 0 Å². The predicted octanol–water partition coefficient (Wildman–Crippen LogP) is 4.03. The van der Waals surface area contributed by atoms with Gasteiger partial charge in [0.2, 0.25) is 0 Å². The molecule has 0 aromatic heterocycles. The Balaban J connectivity index is 4.71. The number of likely N-dealkylation sites (N-methyl/N-ethyl adjacent to an activating group) is 1. The molecule has 1 N–H and O–H groups in total. The summed E-state index contributed by atoms with van der Waals surface area (Å²) in [6, 6.07) is 0. The van der Waals surface area contributed by atoms with Crippen molar-refractivity contribution in [1.29, 1.82) is 0 Å². The van der Waals surface area contributed by atoms with Gasteiger partial charge in [-0.15, -0.1) is 0 Å². The fourth-order valence-electron chi connectivity index (χ4n) is 2.38. The Morgan fingerprint density at radius 1 is 1.29 bits per heavy atom. The highest BCUT2D eigenvalue weighted by Gasteiger charge is 2.13. The number of rotatable bonds is 12. The van der Waals surface area contributed by atoms with Crippen LogP contribution in [0.2, 0.25) is 0 Å². The van der Waals surface area contributed by atoms with E-state index in [-0.39, 0.29) is 0 Å². The average Bonchev–Trinajstić information content (AvgIpc) is 2.57. The second kappa shape index (κ2) is 15.0. The van der Waals surface area contributed by atoms with Gasteiger partial charge >= 0.3 is 0 Å². The predicted molar refractivity (Wildman–Crippen MR) is 107 cm³/mol. The van der Waals surface area contributed by atoms with Crippen molar-refractivity contribution in [2.45, 2.75) is 40.5 Å². The Hall–Kier alpha value is -1.55. The molecular formula is C20H37N3O. The summed E-state index contributed by atoms with van der Waals surface area (Å²) >= 11 is 0. The average molecular weight is 336 g/mol. The number of hydrogen-bond acceptors (Lipinski definition) is 3. The highest BCUT2D eigenvalue weighted by atomic mass is 16.5.